The summed E-state index contributed by atoms with van der Waals surface area (Å²) >= 11 is 7.31. The van der Waals surface area contributed by atoms with Crippen molar-refractivity contribution in [3.8, 4) is 0 Å². The first-order valence-corrected chi connectivity index (χ1v) is 12.6. The number of allylic oxidation sites excluding steroid dienone is 4. The van der Waals surface area contributed by atoms with Gasteiger partial charge in [0.2, 0.25) is 5.78 Å². The molecule has 1 aromatic carbocycles. The van der Waals surface area contributed by atoms with Crippen molar-refractivity contribution in [2.75, 3.05) is 6.61 Å². The molecule has 186 valence electrons. The molecule has 0 aromatic heterocycles. The van der Waals surface area contributed by atoms with Crippen LogP contribution in [-0.4, -0.2) is 45.9 Å². The van der Waals surface area contributed by atoms with Crippen LogP contribution in [0.4, 0.5) is 4.39 Å². The minimum absolute atomic E-state index is 0.0872. The number of halogens is 2. The molecule has 4 aliphatic carbocycles. The summed E-state index contributed by atoms with van der Waals surface area (Å²) in [6, 6.07) is 8.37. The molecule has 5 nitrogen and oxygen atoms in total. The van der Waals surface area contributed by atoms with Gasteiger partial charge in [0, 0.05) is 10.8 Å². The van der Waals surface area contributed by atoms with Crippen LogP contribution in [0.5, 0.6) is 0 Å². The number of ether oxygens (including phenoxy) is 1. The molecule has 7 atom stereocenters. The molecule has 0 radical (unpaired) electrons. The van der Waals surface area contributed by atoms with Crippen molar-refractivity contribution in [1.29, 1.82) is 0 Å². The minimum Gasteiger partial charge on any atom is -0.447 e. The Kier molecular flexibility index (Phi) is 5.65. The number of carbonyl (C=O) groups excluding carboxylic acids is 3. The van der Waals surface area contributed by atoms with Gasteiger partial charge in [0.1, 0.15) is 12.8 Å². The molecule has 3 saturated carbocycles. The second-order valence-electron chi connectivity index (χ2n) is 10.9. The molecule has 4 aliphatic rings. The van der Waals surface area contributed by atoms with Crippen LogP contribution >= 0.6 is 11.6 Å². The van der Waals surface area contributed by atoms with Gasteiger partial charge >= 0.3 is 5.97 Å². The Hall–Kier alpha value is -2.31. The molecule has 0 spiro atoms. The molecule has 3 fully saturated rings. The first-order valence-electron chi connectivity index (χ1n) is 12.2. The lowest BCUT2D eigenvalue weighted by atomic mass is 9.46. The van der Waals surface area contributed by atoms with Crippen molar-refractivity contribution in [3.63, 3.8) is 0 Å². The van der Waals surface area contributed by atoms with Gasteiger partial charge in [-0.25, -0.2) is 9.18 Å². The fourth-order valence-corrected chi connectivity index (χ4v) is 8.26. The van der Waals surface area contributed by atoms with E-state index in [1.165, 1.54) is 6.08 Å². The van der Waals surface area contributed by atoms with E-state index in [9.17, 15) is 19.5 Å². The molecule has 1 aromatic rings. The highest BCUT2D eigenvalue weighted by atomic mass is 35.5. The van der Waals surface area contributed by atoms with Gasteiger partial charge in [-0.05, 0) is 68.2 Å². The monoisotopic (exact) mass is 500 g/mol. The summed E-state index contributed by atoms with van der Waals surface area (Å²) in [6.45, 7) is 2.91. The van der Waals surface area contributed by atoms with Crippen LogP contribution in [0.25, 0.3) is 0 Å². The predicted octanol–water partition coefficient (Wildman–Crippen LogP) is 4.76. The van der Waals surface area contributed by atoms with Gasteiger partial charge in [-0.2, -0.15) is 0 Å². The molecular formula is C28H30ClFO5. The number of hydrogen-bond donors (Lipinski definition) is 1. The topological polar surface area (TPSA) is 80.7 Å². The number of Topliss-reactive ketones (excluding diaryl/α,β-unsaturated/α-hetero) is 1. The molecule has 5 rings (SSSR count). The van der Waals surface area contributed by atoms with Gasteiger partial charge in [-0.1, -0.05) is 43.7 Å². The molecule has 1 N–H and O–H groups in total. The van der Waals surface area contributed by atoms with E-state index in [1.807, 2.05) is 13.8 Å². The standard InChI is InChI=1S/C28H30ClFO5/c1-25-12-10-19(32)14-18(25)8-9-21-20-11-13-27(23(33)16-31,26(20,2)15-22(30)28(21,25)29)35-24(34)17-6-4-3-5-7-17/h3-7,10,12,14,20-22,31H,8-9,11,13,15-16H2,1-2H3/t20-,21-,22?,25-,26-,27-,28-/m0/s1. The Morgan fingerprint density at radius 3 is 2.57 bits per heavy atom. The van der Waals surface area contributed by atoms with E-state index >= 15 is 4.39 Å². The highest BCUT2D eigenvalue weighted by molar-refractivity contribution is 6.26. The third-order valence-electron chi connectivity index (χ3n) is 9.59. The molecular weight excluding hydrogens is 471 g/mol. The zero-order valence-electron chi connectivity index (χ0n) is 19.9. The molecule has 0 heterocycles. The maximum atomic E-state index is 16.5. The number of hydrogen-bond acceptors (Lipinski definition) is 5. The quantitative estimate of drug-likeness (QED) is 0.476. The Balaban J connectivity index is 1.57. The summed E-state index contributed by atoms with van der Waals surface area (Å²) in [5.41, 5.74) is -2.38. The van der Waals surface area contributed by atoms with Crippen LogP contribution < -0.4 is 0 Å². The lowest BCUT2D eigenvalue weighted by Crippen LogP contribution is -2.68. The van der Waals surface area contributed by atoms with Crippen molar-refractivity contribution < 1.29 is 28.6 Å². The zero-order valence-corrected chi connectivity index (χ0v) is 20.7. The van der Waals surface area contributed by atoms with E-state index in [-0.39, 0.29) is 30.5 Å². The number of fused-ring (bicyclic) bond motifs is 5. The van der Waals surface area contributed by atoms with E-state index in [0.29, 0.717) is 24.8 Å². The highest BCUT2D eigenvalue weighted by Crippen LogP contribution is 2.71. The van der Waals surface area contributed by atoms with Crippen LogP contribution in [0, 0.1) is 22.7 Å². The smallest absolute Gasteiger partial charge is 0.339 e. The number of aliphatic hydroxyl groups excluding tert-OH is 1. The average molecular weight is 501 g/mol. The molecule has 1 unspecified atom stereocenters. The van der Waals surface area contributed by atoms with Crippen molar-refractivity contribution in [1.82, 2.24) is 0 Å². The number of rotatable bonds is 4. The number of ketones is 2. The van der Waals surface area contributed by atoms with Gasteiger partial charge in [0.15, 0.2) is 11.4 Å². The summed E-state index contributed by atoms with van der Waals surface area (Å²) in [5, 5.41) is 9.91. The Bertz CT molecular complexity index is 1150. The van der Waals surface area contributed by atoms with Crippen molar-refractivity contribution in [2.45, 2.75) is 62.6 Å². The van der Waals surface area contributed by atoms with Crippen LogP contribution in [0.1, 0.15) is 56.3 Å². The first kappa shape index (κ1) is 24.4. The lowest BCUT2D eigenvalue weighted by Gasteiger charge is -2.63. The number of benzene rings is 1. The lowest BCUT2D eigenvalue weighted by molar-refractivity contribution is -0.169. The number of alkyl halides is 2. The van der Waals surface area contributed by atoms with Crippen LogP contribution in [-0.2, 0) is 14.3 Å². The average Bonchev–Trinajstić information content (AvgIpc) is 3.13. The SMILES string of the molecule is C[C@]12C=CC(=O)C=C1CC[C@H]1[C@@H]3CC[C@](OC(=O)c4ccccc4)(C(=O)CO)[C@@]3(C)CC(F)[C@@]12Cl. The van der Waals surface area contributed by atoms with E-state index < -0.39 is 45.8 Å². The zero-order chi connectivity index (χ0) is 25.2. The van der Waals surface area contributed by atoms with Gasteiger partial charge in [-0.15, -0.1) is 11.6 Å². The first-order chi connectivity index (χ1) is 16.5. The predicted molar refractivity (Wildman–Crippen MR) is 129 cm³/mol. The van der Waals surface area contributed by atoms with Gasteiger partial charge in [0.05, 0.1) is 10.4 Å². The van der Waals surface area contributed by atoms with Gasteiger partial charge in [0.25, 0.3) is 0 Å². The molecule has 0 bridgehead atoms. The Morgan fingerprint density at radius 1 is 1.17 bits per heavy atom. The van der Waals surface area contributed by atoms with E-state index in [0.717, 1.165) is 5.57 Å². The minimum atomic E-state index is -1.64. The Morgan fingerprint density at radius 2 is 1.89 bits per heavy atom. The van der Waals surface area contributed by atoms with E-state index in [4.69, 9.17) is 16.3 Å². The molecule has 0 aliphatic heterocycles. The van der Waals surface area contributed by atoms with Crippen molar-refractivity contribution in [2.24, 2.45) is 22.7 Å². The summed E-state index contributed by atoms with van der Waals surface area (Å²) in [5.74, 6) is -1.89. The number of aliphatic hydroxyl groups is 1. The second-order valence-corrected chi connectivity index (χ2v) is 11.5. The van der Waals surface area contributed by atoms with Crippen LogP contribution in [0.3, 0.4) is 0 Å². The molecule has 0 amide bonds. The van der Waals surface area contributed by atoms with Crippen molar-refractivity contribution in [3.05, 3.63) is 59.7 Å². The fraction of sp³-hybridized carbons (Fsp3) is 0.536. The van der Waals surface area contributed by atoms with E-state index in [2.05, 4.69) is 0 Å². The fourth-order valence-electron chi connectivity index (χ4n) is 7.74. The van der Waals surface area contributed by atoms with Crippen LogP contribution in [0.15, 0.2) is 54.1 Å². The number of esters is 1. The molecule has 0 saturated heterocycles. The van der Waals surface area contributed by atoms with Crippen LogP contribution in [0.2, 0.25) is 0 Å². The summed E-state index contributed by atoms with van der Waals surface area (Å²) in [7, 11) is 0. The Labute approximate surface area is 209 Å². The summed E-state index contributed by atoms with van der Waals surface area (Å²) in [6.07, 6.45) is 5.08. The normalized spacial score (nSPS) is 41.9. The second kappa shape index (κ2) is 8.10. The number of carbonyl (C=O) groups is 3. The van der Waals surface area contributed by atoms with E-state index in [1.54, 1.807) is 42.5 Å². The summed E-state index contributed by atoms with van der Waals surface area (Å²) in [4.78, 5) is 37.2. The highest BCUT2D eigenvalue weighted by Gasteiger charge is 2.74. The van der Waals surface area contributed by atoms with Gasteiger partial charge in [-0.3, -0.25) is 9.59 Å². The molecule has 35 heavy (non-hydrogen) atoms. The van der Waals surface area contributed by atoms with Crippen molar-refractivity contribution >= 4 is 29.1 Å². The third-order valence-corrected chi connectivity index (χ3v) is 10.5. The largest absolute Gasteiger partial charge is 0.447 e. The van der Waals surface area contributed by atoms with Gasteiger partial charge < -0.3 is 9.84 Å². The maximum absolute atomic E-state index is 16.5. The third kappa shape index (κ3) is 3.12. The maximum Gasteiger partial charge on any atom is 0.339 e. The summed E-state index contributed by atoms with van der Waals surface area (Å²) < 4.78 is 22.5. The molecule has 7 heteroatoms.